The van der Waals surface area contributed by atoms with E-state index in [9.17, 15) is 4.55 Å². The summed E-state index contributed by atoms with van der Waals surface area (Å²) >= 11 is -1.44. The predicted octanol–water partition coefficient (Wildman–Crippen LogP) is 2.02. The van der Waals surface area contributed by atoms with Crippen LogP contribution in [-0.4, -0.2) is 26.6 Å². The third-order valence-corrected chi connectivity index (χ3v) is 4.62. The van der Waals surface area contributed by atoms with Gasteiger partial charge in [-0.1, -0.05) is 0 Å². The summed E-state index contributed by atoms with van der Waals surface area (Å²) in [6, 6.07) is 7.15. The molecule has 0 amide bonds. The number of H-pyrrole nitrogens is 1. The summed E-state index contributed by atoms with van der Waals surface area (Å²) in [4.78, 5) is 12.0. The lowest BCUT2D eigenvalue weighted by molar-refractivity contribution is 0.415. The van der Waals surface area contributed by atoms with Crippen LogP contribution in [-0.2, 0) is 11.2 Å². The van der Waals surface area contributed by atoms with E-state index in [0.717, 1.165) is 5.52 Å². The smallest absolute Gasteiger partial charge is 0.327 e. The van der Waals surface area contributed by atoms with E-state index in [0.29, 0.717) is 32.7 Å². The number of pyridine rings is 1. The number of methoxy groups -OCH3 is 1. The maximum atomic E-state index is 12.6. The summed E-state index contributed by atoms with van der Waals surface area (Å²) in [6.07, 6.45) is 1.54. The van der Waals surface area contributed by atoms with Gasteiger partial charge >= 0.3 is 5.16 Å². The van der Waals surface area contributed by atoms with Crippen molar-refractivity contribution in [1.82, 2.24) is 15.0 Å². The minimum atomic E-state index is -1.44. The van der Waals surface area contributed by atoms with E-state index in [-0.39, 0.29) is 0 Å². The molecule has 0 bridgehead atoms. The maximum Gasteiger partial charge on any atom is 0.327 e. The van der Waals surface area contributed by atoms with Gasteiger partial charge in [-0.05, 0) is 19.1 Å². The van der Waals surface area contributed by atoms with Gasteiger partial charge in [0.15, 0.2) is 4.90 Å². The maximum absolute atomic E-state index is 12.6. The van der Waals surface area contributed by atoms with E-state index in [1.54, 1.807) is 32.4 Å². The van der Waals surface area contributed by atoms with E-state index >= 15 is 0 Å². The van der Waals surface area contributed by atoms with E-state index in [4.69, 9.17) is 10.5 Å². The number of benzene rings is 1. The molecule has 1 atom stereocenters. The first-order chi connectivity index (χ1) is 10.1. The molecule has 0 saturated carbocycles. The molecule has 2 aromatic heterocycles. The van der Waals surface area contributed by atoms with Crippen LogP contribution >= 0.6 is 0 Å². The number of rotatable bonds is 3. The second-order valence-corrected chi connectivity index (χ2v) is 5.88. The largest absolute Gasteiger partial charge is 0.604 e. The van der Waals surface area contributed by atoms with Crippen LogP contribution in [0.3, 0.4) is 0 Å². The molecule has 108 valence electrons. The van der Waals surface area contributed by atoms with Crippen molar-refractivity contribution in [3.63, 3.8) is 0 Å². The lowest BCUT2D eigenvalue weighted by Gasteiger charge is -2.09. The highest BCUT2D eigenvalue weighted by molar-refractivity contribution is 7.91. The Bertz CT molecular complexity index is 803. The Labute approximate surface area is 124 Å². The zero-order chi connectivity index (χ0) is 15.0. The Morgan fingerprint density at radius 3 is 2.90 bits per heavy atom. The van der Waals surface area contributed by atoms with Crippen LogP contribution in [0.1, 0.15) is 5.56 Å². The molecule has 0 saturated heterocycles. The molecule has 1 unspecified atom stereocenters. The van der Waals surface area contributed by atoms with Crippen LogP contribution in [0.2, 0.25) is 0 Å². The molecule has 6 nitrogen and oxygen atoms in total. The van der Waals surface area contributed by atoms with Crippen molar-refractivity contribution in [3.8, 4) is 5.75 Å². The van der Waals surface area contributed by atoms with Crippen LogP contribution in [0, 0.1) is 6.92 Å². The number of aromatic amines is 1. The highest BCUT2D eigenvalue weighted by Gasteiger charge is 2.23. The van der Waals surface area contributed by atoms with Gasteiger partial charge in [0.05, 0.1) is 29.3 Å². The average molecular weight is 302 g/mol. The lowest BCUT2D eigenvalue weighted by atomic mass is 10.3. The van der Waals surface area contributed by atoms with Crippen molar-refractivity contribution in [2.75, 3.05) is 12.8 Å². The quantitative estimate of drug-likeness (QED) is 0.721. The monoisotopic (exact) mass is 302 g/mol. The van der Waals surface area contributed by atoms with Gasteiger partial charge in [0, 0.05) is 23.9 Å². The highest BCUT2D eigenvalue weighted by Crippen LogP contribution is 2.26. The Hall–Kier alpha value is -2.25. The molecule has 1 aromatic carbocycles. The number of hydrogen-bond donors (Lipinski definition) is 2. The Morgan fingerprint density at radius 2 is 2.14 bits per heavy atom. The fourth-order valence-electron chi connectivity index (χ4n) is 2.02. The molecule has 2 heterocycles. The van der Waals surface area contributed by atoms with Crippen molar-refractivity contribution >= 4 is 28.0 Å². The summed E-state index contributed by atoms with van der Waals surface area (Å²) in [5, 5.41) is 0.381. The van der Waals surface area contributed by atoms with Gasteiger partial charge in [-0.25, -0.2) is 4.98 Å². The number of imidazole rings is 1. The van der Waals surface area contributed by atoms with Gasteiger partial charge in [-0.2, -0.15) is 4.98 Å². The van der Waals surface area contributed by atoms with Crippen molar-refractivity contribution in [1.29, 1.82) is 0 Å². The molecule has 3 rings (SSSR count). The standard InChI is InChI=1S/C14H14N4O2S/c1-8-12(5-6-16-13(8)15)21(19)14-17-10-4-3-9(20-2)7-11(10)18-14/h3-7H,1-2H3,(H2,15,16)(H,17,18). The van der Waals surface area contributed by atoms with Crippen molar-refractivity contribution in [3.05, 3.63) is 36.0 Å². The van der Waals surface area contributed by atoms with E-state index in [1.165, 1.54) is 0 Å². The van der Waals surface area contributed by atoms with Gasteiger partial charge in [0.2, 0.25) is 0 Å². The summed E-state index contributed by atoms with van der Waals surface area (Å²) < 4.78 is 17.8. The Morgan fingerprint density at radius 1 is 1.33 bits per heavy atom. The molecule has 3 N–H and O–H groups in total. The van der Waals surface area contributed by atoms with Crippen LogP contribution in [0.4, 0.5) is 5.82 Å². The third kappa shape index (κ3) is 2.41. The van der Waals surface area contributed by atoms with Crippen molar-refractivity contribution in [2.45, 2.75) is 17.0 Å². The molecule has 0 aliphatic heterocycles. The molecule has 21 heavy (non-hydrogen) atoms. The second-order valence-electron chi connectivity index (χ2n) is 4.51. The first-order valence-corrected chi connectivity index (χ1v) is 7.41. The number of fused-ring (bicyclic) bond motifs is 1. The summed E-state index contributed by atoms with van der Waals surface area (Å²) in [5.74, 6) is 1.08. The number of hydrogen-bond acceptors (Lipinski definition) is 5. The lowest BCUT2D eigenvalue weighted by Crippen LogP contribution is -2.08. The zero-order valence-corrected chi connectivity index (χ0v) is 12.4. The van der Waals surface area contributed by atoms with Crippen molar-refractivity contribution in [2.24, 2.45) is 0 Å². The van der Waals surface area contributed by atoms with Crippen LogP contribution < -0.4 is 10.5 Å². The minimum Gasteiger partial charge on any atom is -0.604 e. The molecule has 0 fully saturated rings. The minimum absolute atomic E-state index is 0.374. The molecule has 0 aliphatic rings. The van der Waals surface area contributed by atoms with Gasteiger partial charge in [0.25, 0.3) is 0 Å². The summed E-state index contributed by atoms with van der Waals surface area (Å²) in [5.41, 5.74) is 7.97. The highest BCUT2D eigenvalue weighted by atomic mass is 32.2. The SMILES string of the molecule is COc1ccc2[nH]c([S+]([O-])c3ccnc(N)c3C)nc2c1. The molecule has 0 aliphatic carbocycles. The molecular weight excluding hydrogens is 288 g/mol. The molecule has 7 heteroatoms. The second kappa shape index (κ2) is 5.27. The van der Waals surface area contributed by atoms with E-state index < -0.39 is 11.2 Å². The molecular formula is C14H14N4O2S. The average Bonchev–Trinajstić information content (AvgIpc) is 2.92. The van der Waals surface area contributed by atoms with Gasteiger partial charge in [-0.15, -0.1) is 0 Å². The number of anilines is 1. The van der Waals surface area contributed by atoms with Crippen LogP contribution in [0.15, 0.2) is 40.5 Å². The topological polar surface area (TPSA) is 99.9 Å². The number of nitrogens with one attached hydrogen (secondary N) is 1. The molecule has 3 aromatic rings. The zero-order valence-electron chi connectivity index (χ0n) is 11.6. The fourth-order valence-corrected chi connectivity index (χ4v) is 3.17. The number of ether oxygens (including phenoxy) is 1. The fraction of sp³-hybridized carbons (Fsp3) is 0.143. The number of nitrogens with zero attached hydrogens (tertiary/aromatic N) is 2. The molecule has 0 radical (unpaired) electrons. The van der Waals surface area contributed by atoms with Gasteiger partial charge in [-0.3, -0.25) is 4.98 Å². The van der Waals surface area contributed by atoms with Crippen molar-refractivity contribution < 1.29 is 9.29 Å². The Balaban J connectivity index is 2.05. The van der Waals surface area contributed by atoms with Gasteiger partial charge in [0.1, 0.15) is 11.6 Å². The third-order valence-electron chi connectivity index (χ3n) is 3.24. The predicted molar refractivity (Wildman–Crippen MR) is 80.7 cm³/mol. The number of nitrogen functional groups attached to an aromatic ring is 1. The van der Waals surface area contributed by atoms with E-state index in [2.05, 4.69) is 15.0 Å². The summed E-state index contributed by atoms with van der Waals surface area (Å²) in [7, 11) is 1.59. The van der Waals surface area contributed by atoms with Gasteiger partial charge < -0.3 is 15.0 Å². The first kappa shape index (κ1) is 13.7. The van der Waals surface area contributed by atoms with E-state index in [1.807, 2.05) is 12.1 Å². The van der Waals surface area contributed by atoms with Crippen LogP contribution in [0.25, 0.3) is 11.0 Å². The molecule has 0 spiro atoms. The summed E-state index contributed by atoms with van der Waals surface area (Å²) in [6.45, 7) is 1.79. The Kier molecular flexibility index (Phi) is 3.44. The van der Waals surface area contributed by atoms with Crippen LogP contribution in [0.5, 0.6) is 5.75 Å². The first-order valence-electron chi connectivity index (χ1n) is 6.27. The number of aromatic nitrogens is 3. The normalized spacial score (nSPS) is 12.5. The number of nitrogens with two attached hydrogens (primary N) is 1.